The number of hydrogen-bond donors (Lipinski definition) is 0. The second-order valence-electron chi connectivity index (χ2n) is 3.29. The molecule has 0 aromatic carbocycles. The summed E-state index contributed by atoms with van der Waals surface area (Å²) >= 11 is 0. The minimum Gasteiger partial charge on any atom is -0.295 e. The molecular weight excluding hydrogens is 162 g/mol. The number of carbonyl (C=O) groups is 1. The van der Waals surface area contributed by atoms with Gasteiger partial charge in [-0.15, -0.1) is 0 Å². The van der Waals surface area contributed by atoms with Gasteiger partial charge in [-0.1, -0.05) is 6.08 Å². The van der Waals surface area contributed by atoms with Crippen LogP contribution in [0.1, 0.15) is 18.4 Å². The van der Waals surface area contributed by atoms with Crippen molar-refractivity contribution in [3.05, 3.63) is 36.2 Å². The van der Waals surface area contributed by atoms with Gasteiger partial charge in [0.05, 0.1) is 0 Å². The number of ketones is 1. The van der Waals surface area contributed by atoms with Gasteiger partial charge < -0.3 is 0 Å². The van der Waals surface area contributed by atoms with Gasteiger partial charge in [-0.05, 0) is 36.6 Å². The molecule has 1 aromatic rings. The van der Waals surface area contributed by atoms with Crippen molar-refractivity contribution < 1.29 is 4.79 Å². The van der Waals surface area contributed by atoms with Crippen molar-refractivity contribution in [3.63, 3.8) is 0 Å². The van der Waals surface area contributed by atoms with Gasteiger partial charge in [0.1, 0.15) is 0 Å². The fraction of sp³-hybridized carbons (Fsp3) is 0.273. The van der Waals surface area contributed by atoms with Crippen LogP contribution in [0.5, 0.6) is 0 Å². The van der Waals surface area contributed by atoms with E-state index >= 15 is 0 Å². The summed E-state index contributed by atoms with van der Waals surface area (Å²) in [6.45, 7) is 0. The molecule has 1 aromatic heterocycles. The molecule has 0 unspecified atom stereocenters. The Morgan fingerprint density at radius 1 is 1.38 bits per heavy atom. The number of carbonyl (C=O) groups excluding carboxylic acids is 1. The van der Waals surface area contributed by atoms with Crippen molar-refractivity contribution in [1.82, 2.24) is 4.98 Å². The zero-order chi connectivity index (χ0) is 9.10. The largest absolute Gasteiger partial charge is 0.295 e. The maximum atomic E-state index is 11.3. The highest BCUT2D eigenvalue weighted by Gasteiger charge is 2.27. The molecule has 1 aliphatic rings. The zero-order valence-corrected chi connectivity index (χ0v) is 7.31. The van der Waals surface area contributed by atoms with Crippen LogP contribution in [0, 0.1) is 5.92 Å². The molecule has 2 rings (SSSR count). The van der Waals surface area contributed by atoms with E-state index in [0.717, 1.165) is 18.4 Å². The molecule has 1 heterocycles. The van der Waals surface area contributed by atoms with Gasteiger partial charge in [0, 0.05) is 18.3 Å². The molecule has 66 valence electrons. The van der Waals surface area contributed by atoms with E-state index in [1.165, 1.54) is 0 Å². The first-order valence-corrected chi connectivity index (χ1v) is 4.48. The molecule has 1 fully saturated rings. The van der Waals surface area contributed by atoms with Gasteiger partial charge in [0.2, 0.25) is 0 Å². The van der Waals surface area contributed by atoms with Gasteiger partial charge >= 0.3 is 0 Å². The highest BCUT2D eigenvalue weighted by Crippen LogP contribution is 2.30. The third kappa shape index (κ3) is 2.25. The van der Waals surface area contributed by atoms with E-state index in [9.17, 15) is 4.79 Å². The van der Waals surface area contributed by atoms with E-state index in [1.54, 1.807) is 18.5 Å². The van der Waals surface area contributed by atoms with Gasteiger partial charge in [0.15, 0.2) is 5.78 Å². The quantitative estimate of drug-likeness (QED) is 0.655. The second kappa shape index (κ2) is 3.52. The molecule has 2 nitrogen and oxygen atoms in total. The molecule has 0 saturated heterocycles. The molecule has 1 aliphatic carbocycles. The van der Waals surface area contributed by atoms with E-state index in [-0.39, 0.29) is 5.78 Å². The fourth-order valence-electron chi connectivity index (χ4n) is 1.16. The van der Waals surface area contributed by atoms with Crippen LogP contribution in [0.25, 0.3) is 6.08 Å². The van der Waals surface area contributed by atoms with E-state index in [4.69, 9.17) is 0 Å². The average Bonchev–Trinajstić information content (AvgIpc) is 2.99. The third-order valence-corrected chi connectivity index (χ3v) is 2.13. The van der Waals surface area contributed by atoms with Crippen LogP contribution in [0.3, 0.4) is 0 Å². The van der Waals surface area contributed by atoms with Crippen LogP contribution in [-0.2, 0) is 4.79 Å². The lowest BCUT2D eigenvalue weighted by atomic mass is 10.2. The first-order valence-electron chi connectivity index (χ1n) is 4.48. The Labute approximate surface area is 77.3 Å². The van der Waals surface area contributed by atoms with Gasteiger partial charge in [0.25, 0.3) is 0 Å². The van der Waals surface area contributed by atoms with Crippen LogP contribution >= 0.6 is 0 Å². The third-order valence-electron chi connectivity index (χ3n) is 2.13. The highest BCUT2D eigenvalue weighted by atomic mass is 16.1. The van der Waals surface area contributed by atoms with Gasteiger partial charge in [-0.25, -0.2) is 0 Å². The lowest BCUT2D eigenvalue weighted by molar-refractivity contribution is -0.115. The second-order valence-corrected chi connectivity index (χ2v) is 3.29. The Bertz CT molecular complexity index is 325. The number of aromatic nitrogens is 1. The van der Waals surface area contributed by atoms with Crippen molar-refractivity contribution in [1.29, 1.82) is 0 Å². The van der Waals surface area contributed by atoms with Crippen molar-refractivity contribution in [2.75, 3.05) is 0 Å². The summed E-state index contributed by atoms with van der Waals surface area (Å²) in [5.74, 6) is 0.579. The first kappa shape index (κ1) is 8.17. The smallest absolute Gasteiger partial charge is 0.158 e. The molecular formula is C11H11NO. The van der Waals surface area contributed by atoms with E-state index in [0.29, 0.717) is 5.92 Å². The molecule has 0 atom stereocenters. The minimum absolute atomic E-state index is 0.261. The van der Waals surface area contributed by atoms with Crippen LogP contribution in [-0.4, -0.2) is 10.8 Å². The molecule has 0 radical (unpaired) electrons. The molecule has 0 N–H and O–H groups in total. The number of allylic oxidation sites excluding steroid dienone is 1. The number of rotatable bonds is 3. The monoisotopic (exact) mass is 173 g/mol. The molecule has 0 amide bonds. The van der Waals surface area contributed by atoms with Crippen LogP contribution in [0.4, 0.5) is 0 Å². The van der Waals surface area contributed by atoms with Gasteiger partial charge in [-0.2, -0.15) is 0 Å². The molecule has 1 saturated carbocycles. The molecule has 13 heavy (non-hydrogen) atoms. The molecule has 0 aliphatic heterocycles. The maximum Gasteiger partial charge on any atom is 0.158 e. The zero-order valence-electron chi connectivity index (χ0n) is 7.31. The predicted molar refractivity (Wildman–Crippen MR) is 51.0 cm³/mol. The minimum atomic E-state index is 0.261. The van der Waals surface area contributed by atoms with Crippen LogP contribution in [0.2, 0.25) is 0 Å². The summed E-state index contributed by atoms with van der Waals surface area (Å²) in [5, 5.41) is 0. The first-order chi connectivity index (χ1) is 6.36. The Balaban J connectivity index is 2.00. The van der Waals surface area contributed by atoms with Crippen molar-refractivity contribution in [2.45, 2.75) is 12.8 Å². The summed E-state index contributed by atoms with van der Waals surface area (Å²) in [5.41, 5.74) is 1.03. The van der Waals surface area contributed by atoms with Crippen molar-refractivity contribution >= 4 is 11.9 Å². The summed E-state index contributed by atoms with van der Waals surface area (Å²) in [4.78, 5) is 15.2. The van der Waals surface area contributed by atoms with E-state index in [2.05, 4.69) is 4.98 Å². The summed E-state index contributed by atoms with van der Waals surface area (Å²) in [6, 6.07) is 3.77. The number of nitrogens with zero attached hydrogens (tertiary/aromatic N) is 1. The Morgan fingerprint density at radius 3 is 2.69 bits per heavy atom. The van der Waals surface area contributed by atoms with Crippen molar-refractivity contribution in [2.24, 2.45) is 5.92 Å². The molecule has 0 spiro atoms. The van der Waals surface area contributed by atoms with Crippen LogP contribution < -0.4 is 0 Å². The topological polar surface area (TPSA) is 30.0 Å². The standard InChI is InChI=1S/C11H11NO/c13-11(10-2-3-10)4-1-9-5-7-12-8-6-9/h1,4-8,10H,2-3H2/b4-1+. The van der Waals surface area contributed by atoms with E-state index in [1.807, 2.05) is 18.2 Å². The average molecular weight is 173 g/mol. The Morgan fingerprint density at radius 2 is 2.08 bits per heavy atom. The van der Waals surface area contributed by atoms with Crippen LogP contribution in [0.15, 0.2) is 30.6 Å². The van der Waals surface area contributed by atoms with E-state index < -0.39 is 0 Å². The maximum absolute atomic E-state index is 11.3. The van der Waals surface area contributed by atoms with Gasteiger partial charge in [-0.3, -0.25) is 9.78 Å². The summed E-state index contributed by atoms with van der Waals surface area (Å²) in [7, 11) is 0. The predicted octanol–water partition coefficient (Wildman–Crippen LogP) is 2.07. The number of hydrogen-bond acceptors (Lipinski definition) is 2. The lowest BCUT2D eigenvalue weighted by Gasteiger charge is -1.90. The Hall–Kier alpha value is -1.44. The number of pyridine rings is 1. The normalized spacial score (nSPS) is 16.3. The molecule has 2 heteroatoms. The Kier molecular flexibility index (Phi) is 2.21. The highest BCUT2D eigenvalue weighted by molar-refractivity contribution is 5.96. The van der Waals surface area contributed by atoms with Crippen molar-refractivity contribution in [3.8, 4) is 0 Å². The SMILES string of the molecule is O=C(/C=C/c1ccncc1)C1CC1. The summed E-state index contributed by atoms with van der Waals surface area (Å²) in [6.07, 6.45) is 9.11. The fourth-order valence-corrected chi connectivity index (χ4v) is 1.16. The lowest BCUT2D eigenvalue weighted by Crippen LogP contribution is -1.93. The summed E-state index contributed by atoms with van der Waals surface area (Å²) < 4.78 is 0. The molecule has 0 bridgehead atoms.